The van der Waals surface area contributed by atoms with Crippen LogP contribution in [0.15, 0.2) is 0 Å². The molecule has 0 heterocycles. The van der Waals surface area contributed by atoms with Gasteiger partial charge in [0.15, 0.2) is 0 Å². The van der Waals surface area contributed by atoms with Gasteiger partial charge < -0.3 is 19.9 Å². The van der Waals surface area contributed by atoms with Crippen LogP contribution >= 0.6 is 0 Å². The molecule has 0 spiro atoms. The third kappa shape index (κ3) is 8.35. The molecule has 0 aromatic carbocycles. The molecule has 0 aromatic heterocycles. The highest BCUT2D eigenvalue weighted by atomic mass is 16.6. The Bertz CT molecular complexity index is 182. The monoisotopic (exact) mass is 219 g/mol. The summed E-state index contributed by atoms with van der Waals surface area (Å²) < 4.78 is 15.0. The highest BCUT2D eigenvalue weighted by molar-refractivity contribution is 5.70. The molecule has 0 aromatic rings. The number of rotatable bonds is 8. The van der Waals surface area contributed by atoms with E-state index in [-0.39, 0.29) is 18.2 Å². The molecule has 90 valence electrons. The van der Waals surface area contributed by atoms with Gasteiger partial charge in [0.25, 0.3) is 0 Å². The Morgan fingerprint density at radius 1 is 1.33 bits per heavy atom. The van der Waals surface area contributed by atoms with E-state index in [0.717, 1.165) is 0 Å². The fourth-order valence-corrected chi connectivity index (χ4v) is 0.793. The van der Waals surface area contributed by atoms with Gasteiger partial charge in [0, 0.05) is 20.1 Å². The molecule has 0 atom stereocenters. The van der Waals surface area contributed by atoms with E-state index in [9.17, 15) is 4.79 Å². The first-order chi connectivity index (χ1) is 7.02. The van der Waals surface area contributed by atoms with Crippen molar-refractivity contribution in [3.63, 3.8) is 0 Å². The number of esters is 1. The average molecular weight is 219 g/mol. The third-order valence-electron chi connectivity index (χ3n) is 2.00. The summed E-state index contributed by atoms with van der Waals surface area (Å²) in [5.41, 5.74) is 4.93. The quantitative estimate of drug-likeness (QED) is 0.470. The second-order valence-electron chi connectivity index (χ2n) is 3.78. The van der Waals surface area contributed by atoms with Crippen molar-refractivity contribution < 1.29 is 19.0 Å². The molecule has 0 unspecified atom stereocenters. The SMILES string of the molecule is COC(C)(C)CCOC(=O)COCCN. The Morgan fingerprint density at radius 3 is 2.53 bits per heavy atom. The van der Waals surface area contributed by atoms with Gasteiger partial charge in [-0.25, -0.2) is 4.79 Å². The van der Waals surface area contributed by atoms with Crippen LogP contribution in [0, 0.1) is 0 Å². The standard InChI is InChI=1S/C10H21NO4/c1-10(2,13-3)4-6-15-9(12)8-14-7-5-11/h4-8,11H2,1-3H3. The zero-order valence-electron chi connectivity index (χ0n) is 9.75. The Hall–Kier alpha value is -0.650. The number of hydrogen-bond acceptors (Lipinski definition) is 5. The van der Waals surface area contributed by atoms with E-state index < -0.39 is 0 Å². The van der Waals surface area contributed by atoms with Gasteiger partial charge in [-0.3, -0.25) is 0 Å². The Labute approximate surface area is 90.9 Å². The lowest BCUT2D eigenvalue weighted by Gasteiger charge is -2.22. The molecule has 0 fully saturated rings. The minimum absolute atomic E-state index is 0.0371. The molecule has 0 rings (SSSR count). The number of hydrogen-bond donors (Lipinski definition) is 1. The van der Waals surface area contributed by atoms with Crippen LogP contribution in [-0.2, 0) is 19.0 Å². The predicted molar refractivity (Wildman–Crippen MR) is 56.5 cm³/mol. The van der Waals surface area contributed by atoms with Gasteiger partial charge in [0.2, 0.25) is 0 Å². The molecule has 0 radical (unpaired) electrons. The minimum atomic E-state index is -0.365. The van der Waals surface area contributed by atoms with Crippen molar-refractivity contribution in [3.05, 3.63) is 0 Å². The number of carbonyl (C=O) groups is 1. The molecule has 0 aliphatic heterocycles. The van der Waals surface area contributed by atoms with Crippen molar-refractivity contribution in [3.8, 4) is 0 Å². The molecule has 0 bridgehead atoms. The number of carbonyl (C=O) groups excluding carboxylic acids is 1. The van der Waals surface area contributed by atoms with Gasteiger partial charge in [-0.1, -0.05) is 0 Å². The summed E-state index contributed by atoms with van der Waals surface area (Å²) in [6.45, 7) is 4.95. The lowest BCUT2D eigenvalue weighted by Crippen LogP contribution is -2.26. The second-order valence-corrected chi connectivity index (χ2v) is 3.78. The summed E-state index contributed by atoms with van der Waals surface area (Å²) in [6, 6.07) is 0. The maximum Gasteiger partial charge on any atom is 0.332 e. The fourth-order valence-electron chi connectivity index (χ4n) is 0.793. The maximum atomic E-state index is 11.1. The number of ether oxygens (including phenoxy) is 3. The second kappa shape index (κ2) is 7.62. The van der Waals surface area contributed by atoms with E-state index in [1.54, 1.807) is 7.11 Å². The van der Waals surface area contributed by atoms with Crippen LogP contribution < -0.4 is 5.73 Å². The summed E-state index contributed by atoms with van der Waals surface area (Å²) in [5, 5.41) is 0. The van der Waals surface area contributed by atoms with Crippen molar-refractivity contribution in [2.45, 2.75) is 25.9 Å². The number of methoxy groups -OCH3 is 1. The molecular formula is C10H21NO4. The van der Waals surface area contributed by atoms with Crippen LogP contribution in [-0.4, -0.2) is 45.0 Å². The van der Waals surface area contributed by atoms with E-state index >= 15 is 0 Å². The summed E-state index contributed by atoms with van der Waals surface area (Å²) in [5.74, 6) is -0.365. The van der Waals surface area contributed by atoms with Crippen LogP contribution in [0.3, 0.4) is 0 Å². The molecule has 5 heteroatoms. The van der Waals surface area contributed by atoms with Crippen molar-refractivity contribution in [1.29, 1.82) is 0 Å². The zero-order chi connectivity index (χ0) is 11.7. The summed E-state index contributed by atoms with van der Waals surface area (Å²) in [7, 11) is 1.63. The molecular weight excluding hydrogens is 198 g/mol. The van der Waals surface area contributed by atoms with E-state index in [2.05, 4.69) is 0 Å². The largest absolute Gasteiger partial charge is 0.464 e. The van der Waals surface area contributed by atoms with Gasteiger partial charge in [-0.05, 0) is 13.8 Å². The van der Waals surface area contributed by atoms with Crippen molar-refractivity contribution in [2.24, 2.45) is 5.73 Å². The molecule has 0 amide bonds. The molecule has 0 aliphatic rings. The van der Waals surface area contributed by atoms with Crippen LogP contribution in [0.1, 0.15) is 20.3 Å². The van der Waals surface area contributed by atoms with Crippen LogP contribution in [0.4, 0.5) is 0 Å². The Kier molecular flexibility index (Phi) is 7.29. The van der Waals surface area contributed by atoms with Crippen LogP contribution in [0.2, 0.25) is 0 Å². The van der Waals surface area contributed by atoms with E-state index in [0.29, 0.717) is 26.2 Å². The van der Waals surface area contributed by atoms with Crippen LogP contribution in [0.5, 0.6) is 0 Å². The minimum Gasteiger partial charge on any atom is -0.464 e. The number of nitrogens with two attached hydrogens (primary N) is 1. The van der Waals surface area contributed by atoms with E-state index in [1.807, 2.05) is 13.8 Å². The lowest BCUT2D eigenvalue weighted by atomic mass is 10.1. The van der Waals surface area contributed by atoms with Crippen molar-refractivity contribution >= 4 is 5.97 Å². The van der Waals surface area contributed by atoms with Gasteiger partial charge in [0.05, 0.1) is 18.8 Å². The smallest absolute Gasteiger partial charge is 0.332 e. The lowest BCUT2D eigenvalue weighted by molar-refractivity contribution is -0.150. The third-order valence-corrected chi connectivity index (χ3v) is 2.00. The van der Waals surface area contributed by atoms with Gasteiger partial charge in [-0.15, -0.1) is 0 Å². The molecule has 2 N–H and O–H groups in total. The maximum absolute atomic E-state index is 11.1. The van der Waals surface area contributed by atoms with Crippen molar-refractivity contribution in [2.75, 3.05) is 33.5 Å². The van der Waals surface area contributed by atoms with Gasteiger partial charge >= 0.3 is 5.97 Å². The summed E-state index contributed by atoms with van der Waals surface area (Å²) in [4.78, 5) is 11.1. The highest BCUT2D eigenvalue weighted by Gasteiger charge is 2.16. The first-order valence-electron chi connectivity index (χ1n) is 5.00. The predicted octanol–water partition coefficient (Wildman–Crippen LogP) is 0.320. The average Bonchev–Trinajstić information content (AvgIpc) is 2.18. The van der Waals surface area contributed by atoms with Gasteiger partial charge in [0.1, 0.15) is 6.61 Å². The topological polar surface area (TPSA) is 70.8 Å². The van der Waals surface area contributed by atoms with E-state index in [4.69, 9.17) is 19.9 Å². The normalized spacial score (nSPS) is 11.5. The zero-order valence-corrected chi connectivity index (χ0v) is 9.75. The molecule has 0 aliphatic carbocycles. The molecule has 0 saturated heterocycles. The molecule has 5 nitrogen and oxygen atoms in total. The molecule has 15 heavy (non-hydrogen) atoms. The van der Waals surface area contributed by atoms with Crippen molar-refractivity contribution in [1.82, 2.24) is 0 Å². The Morgan fingerprint density at radius 2 is 2.00 bits per heavy atom. The first-order valence-corrected chi connectivity index (χ1v) is 5.00. The van der Waals surface area contributed by atoms with Gasteiger partial charge in [-0.2, -0.15) is 0 Å². The first kappa shape index (κ1) is 14.3. The van der Waals surface area contributed by atoms with Crippen LogP contribution in [0.25, 0.3) is 0 Å². The molecule has 0 saturated carbocycles. The Balaban J connectivity index is 3.46. The van der Waals surface area contributed by atoms with E-state index in [1.165, 1.54) is 0 Å². The summed E-state index contributed by atoms with van der Waals surface area (Å²) in [6.07, 6.45) is 0.659. The highest BCUT2D eigenvalue weighted by Crippen LogP contribution is 2.12. The summed E-state index contributed by atoms with van der Waals surface area (Å²) >= 11 is 0. The fraction of sp³-hybridized carbons (Fsp3) is 0.900.